The van der Waals surface area contributed by atoms with Crippen LogP contribution in [0, 0.1) is 5.82 Å². The molecular formula is C20H21FN4O7S. The van der Waals surface area contributed by atoms with Crippen molar-refractivity contribution in [3.05, 3.63) is 65.5 Å². The second-order valence-corrected chi connectivity index (χ2v) is 8.38. The molecule has 0 saturated carbocycles. The van der Waals surface area contributed by atoms with Crippen LogP contribution in [0.3, 0.4) is 0 Å². The van der Waals surface area contributed by atoms with Gasteiger partial charge < -0.3 is 21.1 Å². The number of hydrogen-bond donors (Lipinski definition) is 5. The van der Waals surface area contributed by atoms with Gasteiger partial charge in [0.2, 0.25) is 21.8 Å². The van der Waals surface area contributed by atoms with E-state index in [1.54, 1.807) is 0 Å². The van der Waals surface area contributed by atoms with Crippen LogP contribution in [0.15, 0.2) is 53.4 Å². The minimum atomic E-state index is -3.91. The Hall–Kier alpha value is -3.84. The maximum absolute atomic E-state index is 13.0. The highest BCUT2D eigenvalue weighted by Crippen LogP contribution is 2.09. The highest BCUT2D eigenvalue weighted by molar-refractivity contribution is 7.89. The molecule has 0 saturated heterocycles. The van der Waals surface area contributed by atoms with Crippen LogP contribution in [-0.2, 0) is 30.8 Å². The molecule has 2 aromatic rings. The van der Waals surface area contributed by atoms with E-state index >= 15 is 0 Å². The van der Waals surface area contributed by atoms with E-state index in [4.69, 9.17) is 5.14 Å². The maximum Gasteiger partial charge on any atom is 0.326 e. The second kappa shape index (κ2) is 11.2. The summed E-state index contributed by atoms with van der Waals surface area (Å²) in [5.74, 6) is -3.95. The summed E-state index contributed by atoms with van der Waals surface area (Å²) in [6.07, 6.45) is -0.0877. The Bertz CT molecular complexity index is 1140. The average molecular weight is 480 g/mol. The van der Waals surface area contributed by atoms with Gasteiger partial charge in [-0.05, 0) is 42.0 Å². The lowest BCUT2D eigenvalue weighted by Crippen LogP contribution is -2.47. The van der Waals surface area contributed by atoms with E-state index in [-0.39, 0.29) is 16.9 Å². The molecule has 0 aliphatic rings. The number of sulfonamides is 1. The first-order valence-corrected chi connectivity index (χ1v) is 10.9. The number of amides is 3. The minimum Gasteiger partial charge on any atom is -0.480 e. The highest BCUT2D eigenvalue weighted by Gasteiger charge is 2.21. The van der Waals surface area contributed by atoms with Gasteiger partial charge in [0.05, 0.1) is 18.0 Å². The molecule has 33 heavy (non-hydrogen) atoms. The maximum atomic E-state index is 13.0. The zero-order chi connectivity index (χ0) is 24.6. The third-order valence-corrected chi connectivity index (χ3v) is 5.22. The highest BCUT2D eigenvalue weighted by atomic mass is 32.2. The van der Waals surface area contributed by atoms with Crippen LogP contribution in [0.25, 0.3) is 0 Å². The molecule has 0 aliphatic carbocycles. The van der Waals surface area contributed by atoms with Gasteiger partial charge in [-0.3, -0.25) is 14.4 Å². The molecule has 6 N–H and O–H groups in total. The van der Waals surface area contributed by atoms with Crippen LogP contribution in [0.1, 0.15) is 15.9 Å². The molecule has 0 heterocycles. The monoisotopic (exact) mass is 480 g/mol. The largest absolute Gasteiger partial charge is 0.480 e. The van der Waals surface area contributed by atoms with Crippen molar-refractivity contribution in [3.8, 4) is 0 Å². The van der Waals surface area contributed by atoms with Crippen molar-refractivity contribution < 1.29 is 37.1 Å². The van der Waals surface area contributed by atoms with E-state index in [9.17, 15) is 37.1 Å². The molecule has 0 spiro atoms. The molecule has 1 atom stereocenters. The molecule has 3 amide bonds. The predicted octanol–water partition coefficient (Wildman–Crippen LogP) is -0.869. The van der Waals surface area contributed by atoms with Gasteiger partial charge >= 0.3 is 5.97 Å². The summed E-state index contributed by atoms with van der Waals surface area (Å²) < 4.78 is 35.4. The zero-order valence-corrected chi connectivity index (χ0v) is 17.9. The number of rotatable bonds is 10. The fourth-order valence-electron chi connectivity index (χ4n) is 2.60. The molecule has 176 valence electrons. The zero-order valence-electron chi connectivity index (χ0n) is 17.1. The van der Waals surface area contributed by atoms with Crippen LogP contribution < -0.4 is 21.1 Å². The number of aliphatic carboxylic acids is 1. The summed E-state index contributed by atoms with van der Waals surface area (Å²) in [4.78, 5) is 47.1. The number of primary sulfonamides is 1. The molecular weight excluding hydrogens is 459 g/mol. The third kappa shape index (κ3) is 8.31. The Morgan fingerprint density at radius 1 is 0.909 bits per heavy atom. The van der Waals surface area contributed by atoms with E-state index in [1.807, 2.05) is 0 Å². The van der Waals surface area contributed by atoms with Crippen LogP contribution in [0.4, 0.5) is 4.39 Å². The average Bonchev–Trinajstić information content (AvgIpc) is 2.76. The van der Waals surface area contributed by atoms with E-state index in [0.29, 0.717) is 5.56 Å². The predicted molar refractivity (Wildman–Crippen MR) is 113 cm³/mol. The number of carboxylic acids is 1. The Labute approximate surface area is 188 Å². The smallest absolute Gasteiger partial charge is 0.326 e. The Morgan fingerprint density at radius 2 is 1.48 bits per heavy atom. The molecule has 0 unspecified atom stereocenters. The first-order chi connectivity index (χ1) is 15.5. The van der Waals surface area contributed by atoms with Crippen molar-refractivity contribution >= 4 is 33.7 Å². The van der Waals surface area contributed by atoms with E-state index in [2.05, 4.69) is 16.0 Å². The molecule has 2 aromatic carbocycles. The normalized spacial score (nSPS) is 11.8. The lowest BCUT2D eigenvalue weighted by atomic mass is 10.1. The number of carbonyl (C=O) groups excluding carboxylic acids is 3. The summed E-state index contributed by atoms with van der Waals surface area (Å²) >= 11 is 0. The molecule has 0 bridgehead atoms. The van der Waals surface area contributed by atoms with Gasteiger partial charge in [0.1, 0.15) is 11.9 Å². The molecule has 0 aromatic heterocycles. The van der Waals surface area contributed by atoms with Crippen molar-refractivity contribution in [1.82, 2.24) is 16.0 Å². The lowest BCUT2D eigenvalue weighted by molar-refractivity contribution is -0.141. The summed E-state index contributed by atoms with van der Waals surface area (Å²) in [6, 6.07) is 8.53. The number of benzene rings is 2. The fourth-order valence-corrected chi connectivity index (χ4v) is 3.12. The van der Waals surface area contributed by atoms with Crippen LogP contribution >= 0.6 is 0 Å². The van der Waals surface area contributed by atoms with Crippen LogP contribution in [0.2, 0.25) is 0 Å². The minimum absolute atomic E-state index is 0.0815. The summed E-state index contributed by atoms with van der Waals surface area (Å²) in [5.41, 5.74) is 0.575. The van der Waals surface area contributed by atoms with E-state index in [1.165, 1.54) is 36.4 Å². The number of carbonyl (C=O) groups is 4. The molecule has 0 radical (unpaired) electrons. The molecule has 0 fully saturated rings. The first kappa shape index (κ1) is 25.4. The number of hydrogen-bond acceptors (Lipinski definition) is 6. The van der Waals surface area contributed by atoms with Gasteiger partial charge in [0, 0.05) is 12.0 Å². The number of nitrogens with one attached hydrogen (secondary N) is 3. The first-order valence-electron chi connectivity index (χ1n) is 9.40. The van der Waals surface area contributed by atoms with Gasteiger partial charge in [-0.15, -0.1) is 0 Å². The van der Waals surface area contributed by atoms with Crippen molar-refractivity contribution in [2.75, 3.05) is 13.1 Å². The van der Waals surface area contributed by atoms with Crippen molar-refractivity contribution in [3.63, 3.8) is 0 Å². The van der Waals surface area contributed by atoms with Crippen LogP contribution in [-0.4, -0.2) is 56.3 Å². The topological polar surface area (TPSA) is 185 Å². The SMILES string of the molecule is NS(=O)(=O)c1ccc(C(=O)NCC(=O)NCC(=O)N[C@@H](Cc2ccc(F)cc2)C(=O)O)cc1. The van der Waals surface area contributed by atoms with E-state index in [0.717, 1.165) is 12.1 Å². The van der Waals surface area contributed by atoms with Gasteiger partial charge in [0.25, 0.3) is 5.91 Å². The van der Waals surface area contributed by atoms with Gasteiger partial charge in [-0.2, -0.15) is 0 Å². The number of halogens is 1. The standard InChI is InChI=1S/C20H21FN4O7S/c21-14-5-1-12(2-6-14)9-16(20(29)30)25-18(27)11-23-17(26)10-24-19(28)13-3-7-15(8-4-13)33(22,31)32/h1-8,16H,9-11H2,(H,23,26)(H,24,28)(H,25,27)(H,29,30)(H2,22,31,32)/t16-/m0/s1. The van der Waals surface area contributed by atoms with Crippen molar-refractivity contribution in [2.24, 2.45) is 5.14 Å². The second-order valence-electron chi connectivity index (χ2n) is 6.82. The van der Waals surface area contributed by atoms with Gasteiger partial charge in [-0.25, -0.2) is 22.7 Å². The summed E-state index contributed by atoms with van der Waals surface area (Å²) in [7, 11) is -3.91. The quantitative estimate of drug-likeness (QED) is 0.292. The summed E-state index contributed by atoms with van der Waals surface area (Å²) in [5, 5.41) is 21.0. The molecule has 11 nitrogen and oxygen atoms in total. The van der Waals surface area contributed by atoms with Crippen LogP contribution in [0.5, 0.6) is 0 Å². The molecule has 13 heteroatoms. The van der Waals surface area contributed by atoms with Crippen molar-refractivity contribution in [2.45, 2.75) is 17.4 Å². The third-order valence-electron chi connectivity index (χ3n) is 4.29. The molecule has 0 aliphatic heterocycles. The Kier molecular flexibility index (Phi) is 8.59. The summed E-state index contributed by atoms with van der Waals surface area (Å²) in [6.45, 7) is -1.02. The van der Waals surface area contributed by atoms with Gasteiger partial charge in [-0.1, -0.05) is 12.1 Å². The van der Waals surface area contributed by atoms with E-state index < -0.39 is 58.7 Å². The Balaban J connectivity index is 1.79. The number of nitrogens with two attached hydrogens (primary N) is 1. The molecule has 2 rings (SSSR count). The van der Waals surface area contributed by atoms with Gasteiger partial charge in [0.15, 0.2) is 0 Å². The van der Waals surface area contributed by atoms with Crippen molar-refractivity contribution in [1.29, 1.82) is 0 Å². The number of carboxylic acid groups (broad SMARTS) is 1. The fraction of sp³-hybridized carbons (Fsp3) is 0.200. The Morgan fingerprint density at radius 3 is 2.03 bits per heavy atom. The lowest BCUT2D eigenvalue weighted by Gasteiger charge is -2.15.